The van der Waals surface area contributed by atoms with Gasteiger partial charge < -0.3 is 14.8 Å². The zero-order valence-corrected chi connectivity index (χ0v) is 15.3. The molecule has 2 aromatic carbocycles. The SMILES string of the molecule is N#Cc1ccc(CBr)cc1O.N#Cc1ccc(Cn2ccnc2)cc1O. The normalized spacial score (nSPS) is 9.50. The molecule has 0 aliphatic carbocycles. The lowest BCUT2D eigenvalue weighted by Gasteiger charge is -2.03. The van der Waals surface area contributed by atoms with Crippen molar-refractivity contribution in [3.63, 3.8) is 0 Å². The molecule has 3 rings (SSSR count). The average molecular weight is 411 g/mol. The van der Waals surface area contributed by atoms with E-state index in [2.05, 4.69) is 20.9 Å². The van der Waals surface area contributed by atoms with Crippen LogP contribution in [0.4, 0.5) is 0 Å². The average Bonchev–Trinajstić information content (AvgIpc) is 3.15. The molecule has 1 heterocycles. The zero-order valence-electron chi connectivity index (χ0n) is 13.7. The number of aromatic hydroxyl groups is 2. The van der Waals surface area contributed by atoms with Crippen LogP contribution in [-0.2, 0) is 11.9 Å². The van der Waals surface area contributed by atoms with Crippen molar-refractivity contribution >= 4 is 15.9 Å². The maximum absolute atomic E-state index is 9.47. The standard InChI is InChI=1S/C11H9N3O.C8H6BrNO/c12-6-10-2-1-9(5-11(10)15)7-14-4-3-13-8-14;9-4-6-1-2-7(5-10)8(11)3-6/h1-5,8,15H,7H2;1-3,11H,4H2. The first-order valence-corrected chi connectivity index (χ1v) is 8.65. The minimum atomic E-state index is 0.0233. The van der Waals surface area contributed by atoms with E-state index >= 15 is 0 Å². The molecule has 0 aliphatic rings. The van der Waals surface area contributed by atoms with E-state index in [9.17, 15) is 10.2 Å². The Morgan fingerprint density at radius 2 is 1.54 bits per heavy atom. The first kappa shape index (κ1) is 19.0. The predicted octanol–water partition coefficient (Wildman–Crippen LogP) is 3.67. The maximum atomic E-state index is 9.47. The van der Waals surface area contributed by atoms with E-state index in [0.717, 1.165) is 11.1 Å². The van der Waals surface area contributed by atoms with Gasteiger partial charge in [-0.25, -0.2) is 4.98 Å². The van der Waals surface area contributed by atoms with Crippen LogP contribution in [0.3, 0.4) is 0 Å². The number of aromatic nitrogens is 2. The Balaban J connectivity index is 0.000000197. The highest BCUT2D eigenvalue weighted by Crippen LogP contribution is 2.19. The predicted molar refractivity (Wildman–Crippen MR) is 99.6 cm³/mol. The summed E-state index contributed by atoms with van der Waals surface area (Å²) in [6, 6.07) is 13.8. The van der Waals surface area contributed by atoms with E-state index in [1.807, 2.05) is 29.0 Å². The molecule has 3 aromatic rings. The Hall–Kier alpha value is -3.29. The number of rotatable bonds is 3. The fraction of sp³-hybridized carbons (Fsp3) is 0.105. The Labute approximate surface area is 159 Å². The third-order valence-electron chi connectivity index (χ3n) is 3.44. The van der Waals surface area contributed by atoms with E-state index in [4.69, 9.17) is 10.5 Å². The molecule has 0 unspecified atom stereocenters. The minimum absolute atomic E-state index is 0.0233. The van der Waals surface area contributed by atoms with Crippen molar-refractivity contribution in [2.75, 3.05) is 0 Å². The number of phenolic OH excluding ortho intramolecular Hbond substituents is 2. The van der Waals surface area contributed by atoms with Crippen molar-refractivity contribution in [2.24, 2.45) is 0 Å². The Kier molecular flexibility index (Phi) is 6.78. The van der Waals surface area contributed by atoms with Gasteiger partial charge in [-0.3, -0.25) is 0 Å². The number of nitrogens with zero attached hydrogens (tertiary/aromatic N) is 4. The van der Waals surface area contributed by atoms with Gasteiger partial charge in [-0.05, 0) is 35.4 Å². The molecule has 0 amide bonds. The lowest BCUT2D eigenvalue weighted by molar-refractivity contribution is 0.472. The Morgan fingerprint density at radius 3 is 2.00 bits per heavy atom. The molecule has 0 spiro atoms. The molecule has 0 bridgehead atoms. The molecular formula is C19H15BrN4O2. The largest absolute Gasteiger partial charge is 0.507 e. The molecule has 6 nitrogen and oxygen atoms in total. The number of nitriles is 2. The van der Waals surface area contributed by atoms with Gasteiger partial charge in [0.2, 0.25) is 0 Å². The number of benzene rings is 2. The molecule has 0 aliphatic heterocycles. The quantitative estimate of drug-likeness (QED) is 0.640. The van der Waals surface area contributed by atoms with E-state index < -0.39 is 0 Å². The topological polar surface area (TPSA) is 106 Å². The molecule has 7 heteroatoms. The van der Waals surface area contributed by atoms with Gasteiger partial charge in [-0.1, -0.05) is 28.1 Å². The van der Waals surface area contributed by atoms with E-state index in [-0.39, 0.29) is 11.5 Å². The number of halogens is 1. The molecule has 1 aromatic heterocycles. The van der Waals surface area contributed by atoms with Gasteiger partial charge >= 0.3 is 0 Å². The Bertz CT molecular complexity index is 957. The lowest BCUT2D eigenvalue weighted by atomic mass is 10.1. The maximum Gasteiger partial charge on any atom is 0.133 e. The Morgan fingerprint density at radius 1 is 0.962 bits per heavy atom. The summed E-state index contributed by atoms with van der Waals surface area (Å²) in [5.41, 5.74) is 2.50. The zero-order chi connectivity index (χ0) is 18.9. The lowest BCUT2D eigenvalue weighted by Crippen LogP contribution is -1.96. The number of phenols is 2. The summed E-state index contributed by atoms with van der Waals surface area (Å²) in [6.07, 6.45) is 5.24. The third kappa shape index (κ3) is 5.10. The second kappa shape index (κ2) is 9.26. The first-order chi connectivity index (χ1) is 12.6. The first-order valence-electron chi connectivity index (χ1n) is 7.53. The van der Waals surface area contributed by atoms with Crippen LogP contribution in [0.1, 0.15) is 22.3 Å². The number of imidazole rings is 1. The van der Waals surface area contributed by atoms with Gasteiger partial charge in [-0.15, -0.1) is 0 Å². The highest BCUT2D eigenvalue weighted by Gasteiger charge is 2.02. The molecule has 26 heavy (non-hydrogen) atoms. The van der Waals surface area contributed by atoms with Gasteiger partial charge in [0.1, 0.15) is 23.6 Å². The summed E-state index contributed by atoms with van der Waals surface area (Å²) in [5, 5.41) is 36.4. The summed E-state index contributed by atoms with van der Waals surface area (Å²) in [6.45, 7) is 0.638. The molecule has 2 N–H and O–H groups in total. The van der Waals surface area contributed by atoms with E-state index in [0.29, 0.717) is 23.0 Å². The monoisotopic (exact) mass is 410 g/mol. The highest BCUT2D eigenvalue weighted by molar-refractivity contribution is 9.08. The fourth-order valence-electron chi connectivity index (χ4n) is 2.12. The number of hydrogen-bond donors (Lipinski definition) is 2. The van der Waals surface area contributed by atoms with Crippen molar-refractivity contribution in [1.29, 1.82) is 10.5 Å². The highest BCUT2D eigenvalue weighted by atomic mass is 79.9. The van der Waals surface area contributed by atoms with Crippen molar-refractivity contribution in [1.82, 2.24) is 9.55 Å². The van der Waals surface area contributed by atoms with Crippen LogP contribution >= 0.6 is 15.9 Å². The van der Waals surface area contributed by atoms with Crippen LogP contribution in [0.5, 0.6) is 11.5 Å². The third-order valence-corrected chi connectivity index (χ3v) is 4.09. The summed E-state index contributed by atoms with van der Waals surface area (Å²) in [7, 11) is 0. The van der Waals surface area contributed by atoms with Crippen LogP contribution in [-0.4, -0.2) is 19.8 Å². The fourth-order valence-corrected chi connectivity index (χ4v) is 2.46. The van der Waals surface area contributed by atoms with Gasteiger partial charge in [-0.2, -0.15) is 10.5 Å². The second-order valence-electron chi connectivity index (χ2n) is 5.30. The van der Waals surface area contributed by atoms with Gasteiger partial charge in [0.05, 0.1) is 17.5 Å². The van der Waals surface area contributed by atoms with Crippen LogP contribution in [0.2, 0.25) is 0 Å². The second-order valence-corrected chi connectivity index (χ2v) is 5.86. The molecule has 0 fully saturated rings. The van der Waals surface area contributed by atoms with Gasteiger partial charge in [0, 0.05) is 24.3 Å². The molecule has 0 saturated carbocycles. The molecular weight excluding hydrogens is 396 g/mol. The molecule has 0 atom stereocenters. The van der Waals surface area contributed by atoms with E-state index in [1.54, 1.807) is 42.9 Å². The van der Waals surface area contributed by atoms with Crippen molar-refractivity contribution < 1.29 is 10.2 Å². The van der Waals surface area contributed by atoms with Crippen molar-refractivity contribution in [3.8, 4) is 23.6 Å². The van der Waals surface area contributed by atoms with Crippen LogP contribution in [0.25, 0.3) is 0 Å². The summed E-state index contributed by atoms with van der Waals surface area (Å²) >= 11 is 3.24. The van der Waals surface area contributed by atoms with E-state index in [1.165, 1.54) is 0 Å². The number of alkyl halides is 1. The summed E-state index contributed by atoms with van der Waals surface area (Å²) < 4.78 is 1.89. The smallest absolute Gasteiger partial charge is 0.133 e. The van der Waals surface area contributed by atoms with Crippen LogP contribution in [0.15, 0.2) is 55.1 Å². The molecule has 0 saturated heterocycles. The number of hydrogen-bond acceptors (Lipinski definition) is 5. The van der Waals surface area contributed by atoms with Crippen molar-refractivity contribution in [2.45, 2.75) is 11.9 Å². The summed E-state index contributed by atoms with van der Waals surface area (Å²) in [4.78, 5) is 3.92. The minimum Gasteiger partial charge on any atom is -0.507 e. The van der Waals surface area contributed by atoms with Crippen LogP contribution in [0, 0.1) is 22.7 Å². The van der Waals surface area contributed by atoms with Crippen LogP contribution < -0.4 is 0 Å². The summed E-state index contributed by atoms with van der Waals surface area (Å²) in [5.74, 6) is 0.0690. The van der Waals surface area contributed by atoms with Crippen molar-refractivity contribution in [3.05, 3.63) is 77.4 Å². The molecule has 0 radical (unpaired) electrons. The molecule has 130 valence electrons. The van der Waals surface area contributed by atoms with Gasteiger partial charge in [0.15, 0.2) is 0 Å². The van der Waals surface area contributed by atoms with Gasteiger partial charge in [0.25, 0.3) is 0 Å².